The molecule has 3 aromatic carbocycles. The first kappa shape index (κ1) is 25.0. The van der Waals surface area contributed by atoms with E-state index < -0.39 is 10.0 Å². The lowest BCUT2D eigenvalue weighted by atomic mass is 9.86. The zero-order valence-electron chi connectivity index (χ0n) is 21.1. The van der Waals surface area contributed by atoms with Crippen LogP contribution in [0.5, 0.6) is 0 Å². The number of carbonyl (C=O) groups excluding carboxylic acids is 1. The van der Waals surface area contributed by atoms with Crippen LogP contribution in [0.15, 0.2) is 52.9 Å². The summed E-state index contributed by atoms with van der Waals surface area (Å²) in [6.45, 7) is 9.70. The van der Waals surface area contributed by atoms with E-state index in [1.54, 1.807) is 6.92 Å². The second kappa shape index (κ2) is 9.86. The highest BCUT2D eigenvalue weighted by molar-refractivity contribution is 7.92. The van der Waals surface area contributed by atoms with Crippen LogP contribution in [0.3, 0.4) is 0 Å². The minimum atomic E-state index is -3.85. The van der Waals surface area contributed by atoms with Crippen molar-refractivity contribution in [2.45, 2.75) is 65.2 Å². The van der Waals surface area contributed by atoms with Gasteiger partial charge in [0.25, 0.3) is 10.0 Å². The quantitative estimate of drug-likeness (QED) is 0.387. The van der Waals surface area contributed by atoms with Crippen molar-refractivity contribution in [1.29, 1.82) is 0 Å². The van der Waals surface area contributed by atoms with Crippen molar-refractivity contribution in [2.24, 2.45) is 0 Å². The summed E-state index contributed by atoms with van der Waals surface area (Å²) < 4.78 is 35.7. The van der Waals surface area contributed by atoms with Gasteiger partial charge >= 0.3 is 5.97 Å². The molecule has 184 valence electrons. The smallest absolute Gasteiger partial charge is 0.334 e. The molecule has 0 spiro atoms. The van der Waals surface area contributed by atoms with E-state index in [-0.39, 0.29) is 5.97 Å². The van der Waals surface area contributed by atoms with Gasteiger partial charge in [-0.05, 0) is 111 Å². The highest BCUT2D eigenvalue weighted by atomic mass is 32.2. The third-order valence-electron chi connectivity index (χ3n) is 7.01. The molecule has 0 fully saturated rings. The summed E-state index contributed by atoms with van der Waals surface area (Å²) in [6, 6.07) is 13.7. The molecule has 1 aliphatic carbocycles. The Balaban J connectivity index is 1.89. The van der Waals surface area contributed by atoms with E-state index in [0.717, 1.165) is 63.4 Å². The number of hydrogen-bond donors (Lipinski definition) is 1. The van der Waals surface area contributed by atoms with E-state index in [2.05, 4.69) is 4.72 Å². The Morgan fingerprint density at radius 1 is 0.943 bits per heavy atom. The van der Waals surface area contributed by atoms with E-state index in [1.165, 1.54) is 0 Å². The normalized spacial score (nSPS) is 14.3. The second-order valence-corrected chi connectivity index (χ2v) is 10.9. The third kappa shape index (κ3) is 4.85. The molecule has 0 aliphatic heterocycles. The summed E-state index contributed by atoms with van der Waals surface area (Å²) in [7, 11) is -3.85. The molecule has 0 amide bonds. The zero-order valence-corrected chi connectivity index (χ0v) is 21.9. The highest BCUT2D eigenvalue weighted by Crippen LogP contribution is 2.38. The molecule has 5 nitrogen and oxygen atoms in total. The van der Waals surface area contributed by atoms with Gasteiger partial charge in [-0.3, -0.25) is 4.72 Å². The van der Waals surface area contributed by atoms with Gasteiger partial charge in [-0.15, -0.1) is 0 Å². The molecule has 0 aromatic heterocycles. The summed E-state index contributed by atoms with van der Waals surface area (Å²) in [4.78, 5) is 13.0. The van der Waals surface area contributed by atoms with Gasteiger partial charge in [0.1, 0.15) is 0 Å². The Kier molecular flexibility index (Phi) is 7.04. The van der Waals surface area contributed by atoms with Crippen LogP contribution in [-0.2, 0) is 19.6 Å². The van der Waals surface area contributed by atoms with Crippen molar-refractivity contribution in [3.63, 3.8) is 0 Å². The molecule has 0 atom stereocenters. The number of allylic oxidation sites excluding steroid dienone is 1. The number of benzene rings is 3. The first-order valence-corrected chi connectivity index (χ1v) is 13.6. The van der Waals surface area contributed by atoms with E-state index in [0.29, 0.717) is 29.2 Å². The summed E-state index contributed by atoms with van der Waals surface area (Å²) in [6.07, 6.45) is 3.35. The van der Waals surface area contributed by atoms with Gasteiger partial charge in [0.2, 0.25) is 0 Å². The summed E-state index contributed by atoms with van der Waals surface area (Å²) >= 11 is 0. The minimum absolute atomic E-state index is 0.279. The first-order valence-electron chi connectivity index (χ1n) is 12.2. The predicted octanol–water partition coefficient (Wildman–Crippen LogP) is 6.76. The molecule has 35 heavy (non-hydrogen) atoms. The van der Waals surface area contributed by atoms with Crippen molar-refractivity contribution in [3.8, 4) is 0 Å². The molecule has 0 saturated carbocycles. The van der Waals surface area contributed by atoms with Crippen molar-refractivity contribution >= 4 is 38.0 Å². The van der Waals surface area contributed by atoms with Crippen molar-refractivity contribution < 1.29 is 17.9 Å². The van der Waals surface area contributed by atoms with Gasteiger partial charge in [0.15, 0.2) is 0 Å². The Labute approximate surface area is 208 Å². The van der Waals surface area contributed by atoms with Crippen molar-refractivity contribution in [2.75, 3.05) is 11.3 Å². The molecule has 0 bridgehead atoms. The molecule has 0 radical (unpaired) electrons. The Bertz CT molecular complexity index is 1430. The monoisotopic (exact) mass is 491 g/mol. The Morgan fingerprint density at radius 2 is 1.60 bits per heavy atom. The standard InChI is InChI=1S/C29H33NO4S/c1-6-34-29(31)26-14-10-9-12-24(26)23-16-22-11-7-8-13-25(22)27(17-23)30-35(32,33)28-20(4)18(2)15-19(3)21(28)5/h7-8,11,13,15-17,30H,6,9-10,12,14H2,1-5H3. The third-order valence-corrected chi connectivity index (χ3v) is 8.65. The Morgan fingerprint density at radius 3 is 2.29 bits per heavy atom. The number of sulfonamides is 1. The molecule has 1 aliphatic rings. The molecule has 4 rings (SSSR count). The summed E-state index contributed by atoms with van der Waals surface area (Å²) in [5.74, 6) is -0.279. The number of rotatable bonds is 6. The topological polar surface area (TPSA) is 72.5 Å². The summed E-state index contributed by atoms with van der Waals surface area (Å²) in [5, 5.41) is 1.73. The first-order chi connectivity index (χ1) is 16.6. The van der Waals surface area contributed by atoms with Gasteiger partial charge in [-0.25, -0.2) is 13.2 Å². The Hall–Kier alpha value is -3.12. The maximum absolute atomic E-state index is 13.7. The molecule has 0 unspecified atom stereocenters. The van der Waals surface area contributed by atoms with E-state index in [1.807, 2.05) is 70.2 Å². The van der Waals surface area contributed by atoms with E-state index >= 15 is 0 Å². The maximum Gasteiger partial charge on any atom is 0.334 e. The molecule has 6 heteroatoms. The molecule has 0 heterocycles. The summed E-state index contributed by atoms with van der Waals surface area (Å²) in [5.41, 5.74) is 6.40. The minimum Gasteiger partial charge on any atom is -0.463 e. The van der Waals surface area contributed by atoms with Crippen LogP contribution in [0, 0.1) is 27.7 Å². The van der Waals surface area contributed by atoms with Gasteiger partial charge < -0.3 is 4.74 Å². The van der Waals surface area contributed by atoms with Gasteiger partial charge in [-0.2, -0.15) is 0 Å². The highest BCUT2D eigenvalue weighted by Gasteiger charge is 2.25. The maximum atomic E-state index is 13.7. The number of carbonyl (C=O) groups is 1. The SMILES string of the molecule is CCOC(=O)C1=C(c2cc(NS(=O)(=O)c3c(C)c(C)cc(C)c3C)c3ccccc3c2)CCCC1. The number of anilines is 1. The van der Waals surface area contributed by atoms with Crippen LogP contribution in [0.25, 0.3) is 16.3 Å². The van der Waals surface area contributed by atoms with Crippen LogP contribution in [0.1, 0.15) is 60.4 Å². The lowest BCUT2D eigenvalue weighted by molar-refractivity contribution is -0.138. The predicted molar refractivity (Wildman–Crippen MR) is 142 cm³/mol. The van der Waals surface area contributed by atoms with Crippen LogP contribution in [0.2, 0.25) is 0 Å². The molecular weight excluding hydrogens is 458 g/mol. The van der Waals surface area contributed by atoms with Crippen molar-refractivity contribution in [3.05, 3.63) is 75.9 Å². The lowest BCUT2D eigenvalue weighted by Crippen LogP contribution is -2.17. The van der Waals surface area contributed by atoms with Crippen LogP contribution < -0.4 is 4.72 Å². The van der Waals surface area contributed by atoms with E-state index in [4.69, 9.17) is 4.74 Å². The second-order valence-electron chi connectivity index (χ2n) is 9.32. The molecular formula is C29H33NO4S. The lowest BCUT2D eigenvalue weighted by Gasteiger charge is -2.22. The fourth-order valence-electron chi connectivity index (χ4n) is 5.02. The number of aryl methyl sites for hydroxylation is 2. The van der Waals surface area contributed by atoms with Gasteiger partial charge in [0.05, 0.1) is 17.2 Å². The number of esters is 1. The number of hydrogen-bond acceptors (Lipinski definition) is 4. The zero-order chi connectivity index (χ0) is 25.3. The molecule has 0 saturated heterocycles. The number of fused-ring (bicyclic) bond motifs is 1. The van der Waals surface area contributed by atoms with Crippen LogP contribution in [-0.4, -0.2) is 21.0 Å². The fraction of sp³-hybridized carbons (Fsp3) is 0.345. The van der Waals surface area contributed by atoms with E-state index in [9.17, 15) is 13.2 Å². The largest absolute Gasteiger partial charge is 0.463 e. The van der Waals surface area contributed by atoms with Crippen molar-refractivity contribution in [1.82, 2.24) is 0 Å². The van der Waals surface area contributed by atoms with Crippen LogP contribution >= 0.6 is 0 Å². The fourth-order valence-corrected chi connectivity index (χ4v) is 6.70. The van der Waals surface area contributed by atoms with Crippen LogP contribution in [0.4, 0.5) is 5.69 Å². The molecule has 1 N–H and O–H groups in total. The van der Waals surface area contributed by atoms with Gasteiger partial charge in [-0.1, -0.05) is 30.3 Å². The number of ether oxygens (including phenoxy) is 1. The average molecular weight is 492 g/mol. The molecule has 3 aromatic rings. The number of nitrogens with one attached hydrogen (secondary N) is 1. The average Bonchev–Trinajstić information content (AvgIpc) is 2.82. The van der Waals surface area contributed by atoms with Gasteiger partial charge in [0, 0.05) is 11.0 Å².